The van der Waals surface area contributed by atoms with E-state index in [9.17, 15) is 14.9 Å². The molecule has 0 saturated heterocycles. The van der Waals surface area contributed by atoms with Crippen molar-refractivity contribution in [1.82, 2.24) is 0 Å². The molecule has 6 nitrogen and oxygen atoms in total. The van der Waals surface area contributed by atoms with Crippen LogP contribution in [-0.2, 0) is 0 Å². The fourth-order valence-electron chi connectivity index (χ4n) is 2.03. The Labute approximate surface area is 127 Å². The van der Waals surface area contributed by atoms with Gasteiger partial charge < -0.3 is 10.5 Å². The second-order valence-electron chi connectivity index (χ2n) is 4.32. The van der Waals surface area contributed by atoms with Crippen LogP contribution >= 0.6 is 0 Å². The van der Waals surface area contributed by atoms with Crippen molar-refractivity contribution in [2.24, 2.45) is 5.73 Å². The summed E-state index contributed by atoms with van der Waals surface area (Å²) in [6, 6.07) is 12.7. The van der Waals surface area contributed by atoms with Crippen molar-refractivity contribution in [1.29, 1.82) is 5.26 Å². The maximum absolute atomic E-state index is 12.6. The lowest BCUT2D eigenvalue weighted by atomic mass is 10.1. The fraction of sp³-hybridized carbons (Fsp3) is 0.0625. The number of para-hydroxylation sites is 2. The van der Waals surface area contributed by atoms with Crippen LogP contribution in [0.25, 0.3) is 0 Å². The quantitative estimate of drug-likeness (QED) is 0.688. The summed E-state index contributed by atoms with van der Waals surface area (Å²) in [6.45, 7) is 0. The number of anilines is 1. The van der Waals surface area contributed by atoms with Crippen LogP contribution in [0.3, 0.4) is 0 Å². The van der Waals surface area contributed by atoms with Crippen LogP contribution in [0.4, 0.5) is 5.69 Å². The standard InChI is InChI=1S/C16H13N3O3/c1-22-14-9-5-4-8-13(14)19(10-17)16(21)12-7-3-2-6-11(12)15(18)20/h2-9H,1H3,(H2,18,20). The third kappa shape index (κ3) is 2.74. The monoisotopic (exact) mass is 295 g/mol. The van der Waals surface area contributed by atoms with Gasteiger partial charge in [0.1, 0.15) is 11.4 Å². The largest absolute Gasteiger partial charge is 0.495 e. The van der Waals surface area contributed by atoms with Crippen LogP contribution in [0.5, 0.6) is 5.75 Å². The zero-order valence-corrected chi connectivity index (χ0v) is 11.8. The molecule has 2 aromatic carbocycles. The first kappa shape index (κ1) is 15.1. The highest BCUT2D eigenvalue weighted by Crippen LogP contribution is 2.28. The van der Waals surface area contributed by atoms with Gasteiger partial charge in [-0.05, 0) is 24.3 Å². The van der Waals surface area contributed by atoms with E-state index in [-0.39, 0.29) is 16.8 Å². The van der Waals surface area contributed by atoms with Crippen molar-refractivity contribution in [2.75, 3.05) is 12.0 Å². The second-order valence-corrected chi connectivity index (χ2v) is 4.32. The van der Waals surface area contributed by atoms with Crippen molar-refractivity contribution >= 4 is 17.5 Å². The van der Waals surface area contributed by atoms with E-state index < -0.39 is 11.8 Å². The first-order valence-electron chi connectivity index (χ1n) is 6.36. The van der Waals surface area contributed by atoms with E-state index in [2.05, 4.69) is 0 Å². The predicted octanol–water partition coefficient (Wildman–Crippen LogP) is 1.92. The number of nitriles is 1. The molecule has 22 heavy (non-hydrogen) atoms. The predicted molar refractivity (Wildman–Crippen MR) is 80.4 cm³/mol. The molecule has 6 heteroatoms. The van der Waals surface area contributed by atoms with E-state index in [4.69, 9.17) is 10.5 Å². The van der Waals surface area contributed by atoms with Gasteiger partial charge in [0, 0.05) is 0 Å². The normalized spacial score (nSPS) is 9.64. The minimum Gasteiger partial charge on any atom is -0.495 e. The van der Waals surface area contributed by atoms with Gasteiger partial charge >= 0.3 is 0 Å². The third-order valence-electron chi connectivity index (χ3n) is 3.05. The van der Waals surface area contributed by atoms with Gasteiger partial charge in [0.15, 0.2) is 6.19 Å². The van der Waals surface area contributed by atoms with Crippen molar-refractivity contribution in [3.05, 3.63) is 59.7 Å². The molecule has 2 N–H and O–H groups in total. The summed E-state index contributed by atoms with van der Waals surface area (Å²) in [4.78, 5) is 24.9. The summed E-state index contributed by atoms with van der Waals surface area (Å²) in [7, 11) is 1.44. The molecule has 0 aliphatic carbocycles. The van der Waals surface area contributed by atoms with Crippen LogP contribution in [-0.4, -0.2) is 18.9 Å². The number of amides is 2. The lowest BCUT2D eigenvalue weighted by Crippen LogP contribution is -2.28. The Bertz CT molecular complexity index is 765. The molecule has 0 bridgehead atoms. The maximum atomic E-state index is 12.6. The highest BCUT2D eigenvalue weighted by molar-refractivity contribution is 6.14. The highest BCUT2D eigenvalue weighted by Gasteiger charge is 2.24. The number of hydrogen-bond acceptors (Lipinski definition) is 4. The smallest absolute Gasteiger partial charge is 0.272 e. The highest BCUT2D eigenvalue weighted by atomic mass is 16.5. The average Bonchev–Trinajstić information content (AvgIpc) is 2.55. The van der Waals surface area contributed by atoms with Crippen molar-refractivity contribution in [3.8, 4) is 11.9 Å². The van der Waals surface area contributed by atoms with Gasteiger partial charge in [-0.3, -0.25) is 9.59 Å². The summed E-state index contributed by atoms with van der Waals surface area (Å²) in [5, 5.41) is 9.34. The number of benzene rings is 2. The summed E-state index contributed by atoms with van der Waals surface area (Å²) < 4.78 is 5.16. The van der Waals surface area contributed by atoms with Crippen molar-refractivity contribution in [3.63, 3.8) is 0 Å². The number of carbonyl (C=O) groups is 2. The maximum Gasteiger partial charge on any atom is 0.272 e. The number of nitrogens with zero attached hydrogens (tertiary/aromatic N) is 2. The number of ether oxygens (including phenoxy) is 1. The van der Waals surface area contributed by atoms with Crippen LogP contribution in [0, 0.1) is 11.5 Å². The molecule has 2 amide bonds. The molecule has 0 fully saturated rings. The molecule has 110 valence electrons. The molecule has 0 atom stereocenters. The van der Waals surface area contributed by atoms with Gasteiger partial charge in [-0.15, -0.1) is 0 Å². The summed E-state index contributed by atoms with van der Waals surface area (Å²) >= 11 is 0. The average molecular weight is 295 g/mol. The molecule has 0 aliphatic rings. The van der Waals surface area contributed by atoms with Gasteiger partial charge in [0.25, 0.3) is 5.91 Å². The number of nitrogens with two attached hydrogens (primary N) is 1. The zero-order chi connectivity index (χ0) is 16.1. The van der Waals surface area contributed by atoms with Crippen LogP contribution < -0.4 is 15.4 Å². The fourth-order valence-corrected chi connectivity index (χ4v) is 2.03. The molecule has 0 radical (unpaired) electrons. The SMILES string of the molecule is COc1ccccc1N(C#N)C(=O)c1ccccc1C(N)=O. The number of hydrogen-bond donors (Lipinski definition) is 1. The van der Waals surface area contributed by atoms with Crippen molar-refractivity contribution in [2.45, 2.75) is 0 Å². The van der Waals surface area contributed by atoms with Gasteiger partial charge in [-0.2, -0.15) is 5.26 Å². The number of carbonyl (C=O) groups excluding carboxylic acids is 2. The summed E-state index contributed by atoms with van der Waals surface area (Å²) in [5.41, 5.74) is 5.68. The number of primary amides is 1. The lowest BCUT2D eigenvalue weighted by molar-refractivity contribution is 0.0967. The zero-order valence-electron chi connectivity index (χ0n) is 11.8. The minimum absolute atomic E-state index is 0.0578. The van der Waals surface area contributed by atoms with Gasteiger partial charge in [-0.1, -0.05) is 24.3 Å². The molecule has 2 rings (SSSR count). The third-order valence-corrected chi connectivity index (χ3v) is 3.05. The molecular formula is C16H13N3O3. The summed E-state index contributed by atoms with van der Waals surface area (Å²) in [6.07, 6.45) is 1.81. The summed E-state index contributed by atoms with van der Waals surface area (Å²) in [5.74, 6) is -1.02. The second kappa shape index (κ2) is 6.41. The topological polar surface area (TPSA) is 96.4 Å². The van der Waals surface area contributed by atoms with E-state index in [1.165, 1.54) is 19.2 Å². The molecule has 0 aliphatic heterocycles. The van der Waals surface area contributed by atoms with E-state index in [0.717, 1.165) is 4.90 Å². The van der Waals surface area contributed by atoms with Gasteiger partial charge in [0.05, 0.1) is 18.2 Å². The Balaban J connectivity index is 2.52. The molecule has 0 heterocycles. The van der Waals surface area contributed by atoms with E-state index in [1.54, 1.807) is 36.4 Å². The Morgan fingerprint density at radius 2 is 1.68 bits per heavy atom. The molecular weight excluding hydrogens is 282 g/mol. The number of rotatable bonds is 4. The van der Waals surface area contributed by atoms with Crippen molar-refractivity contribution < 1.29 is 14.3 Å². The Morgan fingerprint density at radius 1 is 1.09 bits per heavy atom. The van der Waals surface area contributed by atoms with Crippen LogP contribution in [0.2, 0.25) is 0 Å². The van der Waals surface area contributed by atoms with Crippen LogP contribution in [0.1, 0.15) is 20.7 Å². The van der Waals surface area contributed by atoms with E-state index in [0.29, 0.717) is 5.75 Å². The Kier molecular flexibility index (Phi) is 4.39. The first-order chi connectivity index (χ1) is 10.6. The number of methoxy groups -OCH3 is 1. The molecule has 0 spiro atoms. The Morgan fingerprint density at radius 3 is 2.27 bits per heavy atom. The first-order valence-corrected chi connectivity index (χ1v) is 6.36. The molecule has 2 aromatic rings. The van der Waals surface area contributed by atoms with Crippen LogP contribution in [0.15, 0.2) is 48.5 Å². The molecule has 0 unspecified atom stereocenters. The van der Waals surface area contributed by atoms with Gasteiger partial charge in [-0.25, -0.2) is 4.90 Å². The van der Waals surface area contributed by atoms with E-state index in [1.807, 2.05) is 6.19 Å². The Hall–Kier alpha value is -3.33. The molecule has 0 aromatic heterocycles. The van der Waals surface area contributed by atoms with E-state index >= 15 is 0 Å². The van der Waals surface area contributed by atoms with Gasteiger partial charge in [0.2, 0.25) is 5.91 Å². The molecule has 0 saturated carbocycles. The lowest BCUT2D eigenvalue weighted by Gasteiger charge is -2.17. The minimum atomic E-state index is -0.734.